The minimum atomic E-state index is -4.29. The van der Waals surface area contributed by atoms with Crippen LogP contribution in [0.2, 0.25) is 0 Å². The number of unbranched alkanes of at least 4 members (excludes halogenated alkanes) is 2. The van der Waals surface area contributed by atoms with Crippen LogP contribution in [0.3, 0.4) is 0 Å². The van der Waals surface area contributed by atoms with E-state index in [1.54, 1.807) is 0 Å². The molecule has 0 radical (unpaired) electrons. The van der Waals surface area contributed by atoms with Crippen molar-refractivity contribution in [3.05, 3.63) is 23.8 Å². The molecule has 2 heterocycles. The van der Waals surface area contributed by atoms with Crippen molar-refractivity contribution in [2.45, 2.75) is 57.2 Å². The number of nitrogens with one attached hydrogen (secondary N) is 1. The number of hydrogen-bond acceptors (Lipinski definition) is 5. The van der Waals surface area contributed by atoms with Crippen molar-refractivity contribution in [1.82, 2.24) is 10.2 Å². The summed E-state index contributed by atoms with van der Waals surface area (Å²) in [5.41, 5.74) is 1.08. The molecule has 32 heavy (non-hydrogen) atoms. The number of rotatable bonds is 12. The second kappa shape index (κ2) is 12.3. The molecule has 180 valence electrons. The molecule has 3 rings (SSSR count). The fourth-order valence-electron chi connectivity index (χ4n) is 4.09. The van der Waals surface area contributed by atoms with E-state index >= 15 is 0 Å². The number of carbonyl (C=O) groups is 1. The number of fused-ring (bicyclic) bond motifs is 1. The highest BCUT2D eigenvalue weighted by molar-refractivity contribution is 5.76. The van der Waals surface area contributed by atoms with Gasteiger partial charge in [0.15, 0.2) is 11.5 Å². The number of likely N-dealkylation sites (tertiary alicyclic amines) is 1. The quantitative estimate of drug-likeness (QED) is 0.484. The molecule has 1 saturated heterocycles. The maximum Gasteiger partial charge on any atom is 0.411 e. The van der Waals surface area contributed by atoms with Crippen LogP contribution in [-0.4, -0.2) is 69.1 Å². The van der Waals surface area contributed by atoms with Crippen LogP contribution < -0.4 is 14.8 Å². The first kappa shape index (κ1) is 24.6. The van der Waals surface area contributed by atoms with E-state index in [1.165, 1.54) is 12.8 Å². The molecule has 1 amide bonds. The summed E-state index contributed by atoms with van der Waals surface area (Å²) in [6.07, 6.45) is 0.925. The van der Waals surface area contributed by atoms with Crippen molar-refractivity contribution in [2.75, 3.05) is 46.1 Å². The van der Waals surface area contributed by atoms with E-state index in [-0.39, 0.29) is 18.6 Å². The molecule has 9 heteroatoms. The number of alkyl halides is 3. The molecule has 1 unspecified atom stereocenters. The minimum Gasteiger partial charge on any atom is -0.486 e. The molecule has 0 bridgehead atoms. The Hall–Kier alpha value is -2.00. The summed E-state index contributed by atoms with van der Waals surface area (Å²) in [4.78, 5) is 14.9. The Kier molecular flexibility index (Phi) is 9.47. The SMILES string of the molecule is O=C(CCCCCOCC(F)(F)F)NC(Cc1ccc2c(c1)OCCO2)CN1CCCC1. The van der Waals surface area contributed by atoms with E-state index in [0.717, 1.165) is 36.7 Å². The number of benzene rings is 1. The Labute approximate surface area is 187 Å². The maximum absolute atomic E-state index is 12.5. The molecule has 0 aliphatic carbocycles. The van der Waals surface area contributed by atoms with Crippen LogP contribution in [0.5, 0.6) is 11.5 Å². The van der Waals surface area contributed by atoms with Gasteiger partial charge in [-0.15, -0.1) is 0 Å². The average Bonchev–Trinajstić information content (AvgIpc) is 3.25. The Morgan fingerprint density at radius 3 is 2.59 bits per heavy atom. The van der Waals surface area contributed by atoms with Gasteiger partial charge in [-0.2, -0.15) is 13.2 Å². The van der Waals surface area contributed by atoms with Crippen LogP contribution in [0.4, 0.5) is 13.2 Å². The van der Waals surface area contributed by atoms with Crippen molar-refractivity contribution < 1.29 is 32.2 Å². The van der Waals surface area contributed by atoms with Crippen molar-refractivity contribution in [2.24, 2.45) is 0 Å². The molecule has 0 aromatic heterocycles. The van der Waals surface area contributed by atoms with Gasteiger partial charge in [0.05, 0.1) is 0 Å². The predicted molar refractivity (Wildman–Crippen MR) is 114 cm³/mol. The lowest BCUT2D eigenvalue weighted by Gasteiger charge is -2.25. The normalized spacial score (nSPS) is 17.3. The van der Waals surface area contributed by atoms with E-state index in [1.807, 2.05) is 18.2 Å². The number of amides is 1. The van der Waals surface area contributed by atoms with Gasteiger partial charge in [-0.05, 0) is 62.9 Å². The predicted octanol–water partition coefficient (Wildman–Crippen LogP) is 3.72. The molecule has 1 atom stereocenters. The number of nitrogens with zero attached hydrogens (tertiary/aromatic N) is 1. The molecule has 6 nitrogen and oxygen atoms in total. The first-order valence-corrected chi connectivity index (χ1v) is 11.4. The highest BCUT2D eigenvalue weighted by Crippen LogP contribution is 2.31. The first-order chi connectivity index (χ1) is 15.4. The molecule has 2 aliphatic rings. The zero-order chi connectivity index (χ0) is 22.8. The Morgan fingerprint density at radius 2 is 1.84 bits per heavy atom. The second-order valence-corrected chi connectivity index (χ2v) is 8.43. The van der Waals surface area contributed by atoms with Gasteiger partial charge in [0.1, 0.15) is 19.8 Å². The van der Waals surface area contributed by atoms with Gasteiger partial charge < -0.3 is 24.4 Å². The lowest BCUT2D eigenvalue weighted by atomic mass is 10.0. The Balaban J connectivity index is 1.43. The van der Waals surface area contributed by atoms with E-state index < -0.39 is 12.8 Å². The smallest absolute Gasteiger partial charge is 0.411 e. The molecule has 0 spiro atoms. The Morgan fingerprint density at radius 1 is 1.09 bits per heavy atom. The van der Waals surface area contributed by atoms with Crippen molar-refractivity contribution in [1.29, 1.82) is 0 Å². The third kappa shape index (κ3) is 8.86. The van der Waals surface area contributed by atoms with Crippen molar-refractivity contribution in [3.63, 3.8) is 0 Å². The van der Waals surface area contributed by atoms with Crippen LogP contribution in [0.15, 0.2) is 18.2 Å². The molecule has 1 N–H and O–H groups in total. The summed E-state index contributed by atoms with van der Waals surface area (Å²) in [6, 6.07) is 5.90. The number of halogens is 3. The monoisotopic (exact) mass is 458 g/mol. The van der Waals surface area contributed by atoms with Crippen LogP contribution in [0, 0.1) is 0 Å². The summed E-state index contributed by atoms with van der Waals surface area (Å²) in [6.45, 7) is 2.82. The Bertz CT molecular complexity index is 724. The van der Waals surface area contributed by atoms with E-state index in [0.29, 0.717) is 45.3 Å². The van der Waals surface area contributed by atoms with Crippen LogP contribution in [0.1, 0.15) is 44.1 Å². The van der Waals surface area contributed by atoms with E-state index in [9.17, 15) is 18.0 Å². The highest BCUT2D eigenvalue weighted by atomic mass is 19.4. The fourth-order valence-corrected chi connectivity index (χ4v) is 4.09. The largest absolute Gasteiger partial charge is 0.486 e. The lowest BCUT2D eigenvalue weighted by molar-refractivity contribution is -0.174. The standard InChI is InChI=1S/C23H33F3N2O4/c24-23(25,26)17-30-11-5-1-2-6-22(29)27-19(16-28-9-3-4-10-28)14-18-7-8-20-21(15-18)32-13-12-31-20/h7-8,15,19H,1-6,9-14,16-17H2,(H,27,29). The summed E-state index contributed by atoms with van der Waals surface area (Å²) in [5, 5.41) is 3.16. The summed E-state index contributed by atoms with van der Waals surface area (Å²) < 4.78 is 52.0. The fraction of sp³-hybridized carbons (Fsp3) is 0.696. The maximum atomic E-state index is 12.5. The third-order valence-electron chi connectivity index (χ3n) is 5.59. The lowest BCUT2D eigenvalue weighted by Crippen LogP contribution is -2.44. The summed E-state index contributed by atoms with van der Waals surface area (Å²) in [7, 11) is 0. The van der Waals surface area contributed by atoms with Gasteiger partial charge >= 0.3 is 6.18 Å². The minimum absolute atomic E-state index is 0.0155. The molecule has 0 saturated carbocycles. The molecule has 1 aromatic carbocycles. The zero-order valence-corrected chi connectivity index (χ0v) is 18.4. The van der Waals surface area contributed by atoms with Gasteiger partial charge in [0.25, 0.3) is 0 Å². The highest BCUT2D eigenvalue weighted by Gasteiger charge is 2.27. The van der Waals surface area contributed by atoms with Crippen LogP contribution in [0.25, 0.3) is 0 Å². The van der Waals surface area contributed by atoms with Crippen LogP contribution in [-0.2, 0) is 16.0 Å². The van der Waals surface area contributed by atoms with Crippen molar-refractivity contribution >= 4 is 5.91 Å². The van der Waals surface area contributed by atoms with Crippen molar-refractivity contribution in [3.8, 4) is 11.5 Å². The molecule has 1 fully saturated rings. The van der Waals surface area contributed by atoms with Gasteiger partial charge in [-0.3, -0.25) is 4.79 Å². The number of carbonyl (C=O) groups excluding carboxylic acids is 1. The zero-order valence-electron chi connectivity index (χ0n) is 18.4. The van der Waals surface area contributed by atoms with E-state index in [4.69, 9.17) is 9.47 Å². The molecule has 1 aromatic rings. The number of ether oxygens (including phenoxy) is 3. The molecular formula is C23H33F3N2O4. The van der Waals surface area contributed by atoms with E-state index in [2.05, 4.69) is 15.0 Å². The summed E-state index contributed by atoms with van der Waals surface area (Å²) in [5.74, 6) is 1.47. The topological polar surface area (TPSA) is 60.0 Å². The first-order valence-electron chi connectivity index (χ1n) is 11.4. The van der Waals surface area contributed by atoms with Gasteiger partial charge in [-0.25, -0.2) is 0 Å². The number of hydrogen-bond donors (Lipinski definition) is 1. The molecule has 2 aliphatic heterocycles. The van der Waals surface area contributed by atoms with Gasteiger partial charge in [0, 0.05) is 25.6 Å². The summed E-state index contributed by atoms with van der Waals surface area (Å²) >= 11 is 0. The second-order valence-electron chi connectivity index (χ2n) is 8.43. The molecular weight excluding hydrogens is 425 g/mol. The van der Waals surface area contributed by atoms with Gasteiger partial charge in [0.2, 0.25) is 5.91 Å². The third-order valence-corrected chi connectivity index (χ3v) is 5.59. The van der Waals surface area contributed by atoms with Crippen LogP contribution >= 0.6 is 0 Å². The van der Waals surface area contributed by atoms with Gasteiger partial charge in [-0.1, -0.05) is 12.5 Å². The average molecular weight is 459 g/mol.